The third-order valence-electron chi connectivity index (χ3n) is 7.01. The minimum Gasteiger partial charge on any atom is -0.481 e. The van der Waals surface area contributed by atoms with E-state index >= 15 is 0 Å². The Kier molecular flexibility index (Phi) is 7.14. The number of fused-ring (bicyclic) bond motifs is 1. The van der Waals surface area contributed by atoms with Crippen LogP contribution in [-0.2, 0) is 17.6 Å². The second-order valence-corrected chi connectivity index (χ2v) is 9.44. The lowest BCUT2D eigenvalue weighted by atomic mass is 9.85. The van der Waals surface area contributed by atoms with Gasteiger partial charge in [-0.1, -0.05) is 68.8 Å². The van der Waals surface area contributed by atoms with Crippen molar-refractivity contribution >= 4 is 22.4 Å². The summed E-state index contributed by atoms with van der Waals surface area (Å²) in [5.41, 5.74) is 5.04. The van der Waals surface area contributed by atoms with E-state index in [1.54, 1.807) is 0 Å². The highest BCUT2D eigenvalue weighted by molar-refractivity contribution is 5.89. The van der Waals surface area contributed by atoms with Gasteiger partial charge in [-0.05, 0) is 77.1 Å². The Morgan fingerprint density at radius 2 is 1.81 bits per heavy atom. The zero-order valence-corrected chi connectivity index (χ0v) is 19.4. The van der Waals surface area contributed by atoms with Gasteiger partial charge < -0.3 is 10.0 Å². The number of anilines is 1. The number of carboxylic acids is 1. The molecule has 168 valence electrons. The molecule has 3 aromatic rings. The second-order valence-electron chi connectivity index (χ2n) is 9.44. The van der Waals surface area contributed by atoms with Crippen molar-refractivity contribution in [2.75, 3.05) is 18.0 Å². The summed E-state index contributed by atoms with van der Waals surface area (Å²) in [6.07, 6.45) is 6.14. The molecule has 1 aliphatic heterocycles. The molecule has 1 heterocycles. The molecule has 3 nitrogen and oxygen atoms in total. The van der Waals surface area contributed by atoms with Crippen molar-refractivity contribution in [1.82, 2.24) is 0 Å². The second kappa shape index (κ2) is 10.2. The molecule has 0 unspecified atom stereocenters. The van der Waals surface area contributed by atoms with Gasteiger partial charge in [0.25, 0.3) is 0 Å². The van der Waals surface area contributed by atoms with Crippen molar-refractivity contribution in [1.29, 1.82) is 0 Å². The third kappa shape index (κ3) is 5.15. The smallest absolute Gasteiger partial charge is 0.307 e. The monoisotopic (exact) mass is 429 g/mol. The number of aliphatic carboxylic acids is 1. The van der Waals surface area contributed by atoms with E-state index in [2.05, 4.69) is 67.3 Å². The molecule has 0 spiro atoms. The van der Waals surface area contributed by atoms with E-state index in [4.69, 9.17) is 5.11 Å². The number of carboxylic acid groups (broad SMARTS) is 1. The lowest BCUT2D eigenvalue weighted by molar-refractivity contribution is -0.136. The minimum atomic E-state index is -0.779. The van der Waals surface area contributed by atoms with Crippen LogP contribution in [0.1, 0.15) is 62.1 Å². The predicted molar refractivity (Wildman–Crippen MR) is 134 cm³/mol. The van der Waals surface area contributed by atoms with Crippen LogP contribution in [0.25, 0.3) is 10.8 Å². The van der Waals surface area contributed by atoms with E-state index in [9.17, 15) is 4.79 Å². The fraction of sp³-hybridized carbons (Fsp3) is 0.414. The molecular weight excluding hydrogens is 394 g/mol. The van der Waals surface area contributed by atoms with E-state index in [1.165, 1.54) is 53.3 Å². The quantitative estimate of drug-likeness (QED) is 0.405. The summed E-state index contributed by atoms with van der Waals surface area (Å²) in [7, 11) is 0. The zero-order chi connectivity index (χ0) is 22.5. The Bertz CT molecular complexity index is 1060. The molecule has 32 heavy (non-hydrogen) atoms. The van der Waals surface area contributed by atoms with Crippen LogP contribution in [0.4, 0.5) is 5.69 Å². The molecule has 0 aliphatic carbocycles. The molecule has 0 radical (unpaired) electrons. The predicted octanol–water partition coefficient (Wildman–Crippen LogP) is 6.83. The molecule has 0 saturated carbocycles. The van der Waals surface area contributed by atoms with Gasteiger partial charge in [0.1, 0.15) is 0 Å². The van der Waals surface area contributed by atoms with Gasteiger partial charge in [0.2, 0.25) is 0 Å². The number of unbranched alkanes of at least 4 members (excludes halogenated alkanes) is 1. The Balaban J connectivity index is 1.43. The standard InChI is InChI=1S/C29H35NO2/c1-3-4-7-24-12-15-26(28-9-6-5-8-27(24)28)21(2)18-23-16-17-30(20-23)25-13-10-22(11-14-25)19-29(31)32/h5-6,8-15,21,23H,3-4,7,16-20H2,1-2H3,(H,31,32)/t21-,23+/m0/s1. The van der Waals surface area contributed by atoms with Crippen molar-refractivity contribution in [3.8, 4) is 0 Å². The lowest BCUT2D eigenvalue weighted by Gasteiger charge is -2.22. The normalized spacial score (nSPS) is 17.1. The summed E-state index contributed by atoms with van der Waals surface area (Å²) in [4.78, 5) is 13.4. The minimum absolute atomic E-state index is 0.0889. The number of nitrogens with zero attached hydrogens (tertiary/aromatic N) is 1. The Labute approximate surface area is 192 Å². The topological polar surface area (TPSA) is 40.5 Å². The summed E-state index contributed by atoms with van der Waals surface area (Å²) in [5, 5.41) is 11.8. The Hall–Kier alpha value is -2.81. The first kappa shape index (κ1) is 22.4. The van der Waals surface area contributed by atoms with Gasteiger partial charge in [-0.2, -0.15) is 0 Å². The molecule has 1 aliphatic rings. The van der Waals surface area contributed by atoms with E-state index in [0.29, 0.717) is 11.8 Å². The van der Waals surface area contributed by atoms with E-state index in [0.717, 1.165) is 25.1 Å². The van der Waals surface area contributed by atoms with Gasteiger partial charge in [-0.25, -0.2) is 0 Å². The van der Waals surface area contributed by atoms with Crippen LogP contribution in [0.15, 0.2) is 60.7 Å². The van der Waals surface area contributed by atoms with Crippen molar-refractivity contribution in [2.45, 2.75) is 58.3 Å². The third-order valence-corrected chi connectivity index (χ3v) is 7.01. The number of hydrogen-bond donors (Lipinski definition) is 1. The van der Waals surface area contributed by atoms with Gasteiger partial charge >= 0.3 is 5.97 Å². The summed E-state index contributed by atoms with van der Waals surface area (Å²) >= 11 is 0. The van der Waals surface area contributed by atoms with Gasteiger partial charge in [0.05, 0.1) is 6.42 Å². The van der Waals surface area contributed by atoms with E-state index in [-0.39, 0.29) is 6.42 Å². The van der Waals surface area contributed by atoms with Gasteiger partial charge in [0.15, 0.2) is 0 Å². The lowest BCUT2D eigenvalue weighted by Crippen LogP contribution is -2.20. The van der Waals surface area contributed by atoms with Gasteiger partial charge in [-0.15, -0.1) is 0 Å². The van der Waals surface area contributed by atoms with Crippen LogP contribution in [0.2, 0.25) is 0 Å². The molecule has 2 atom stereocenters. The highest BCUT2D eigenvalue weighted by Gasteiger charge is 2.25. The average molecular weight is 430 g/mol. The van der Waals surface area contributed by atoms with E-state index < -0.39 is 5.97 Å². The van der Waals surface area contributed by atoms with Crippen LogP contribution >= 0.6 is 0 Å². The molecule has 0 amide bonds. The highest BCUT2D eigenvalue weighted by Crippen LogP contribution is 2.35. The van der Waals surface area contributed by atoms with Crippen LogP contribution in [0.3, 0.4) is 0 Å². The van der Waals surface area contributed by atoms with Crippen LogP contribution in [0, 0.1) is 5.92 Å². The van der Waals surface area contributed by atoms with Crippen molar-refractivity contribution in [2.24, 2.45) is 5.92 Å². The van der Waals surface area contributed by atoms with Crippen LogP contribution in [0.5, 0.6) is 0 Å². The fourth-order valence-corrected chi connectivity index (χ4v) is 5.29. The molecule has 0 bridgehead atoms. The summed E-state index contributed by atoms with van der Waals surface area (Å²) in [5.74, 6) is 0.434. The first-order chi connectivity index (χ1) is 15.5. The first-order valence-electron chi connectivity index (χ1n) is 12.1. The zero-order valence-electron chi connectivity index (χ0n) is 19.4. The molecular formula is C29H35NO2. The number of carbonyl (C=O) groups is 1. The molecule has 3 heteroatoms. The first-order valence-corrected chi connectivity index (χ1v) is 12.1. The molecule has 1 saturated heterocycles. The average Bonchev–Trinajstić information content (AvgIpc) is 3.26. The van der Waals surface area contributed by atoms with E-state index in [1.807, 2.05) is 12.1 Å². The van der Waals surface area contributed by atoms with Crippen molar-refractivity contribution in [3.05, 3.63) is 77.4 Å². The summed E-state index contributed by atoms with van der Waals surface area (Å²) < 4.78 is 0. The maximum Gasteiger partial charge on any atom is 0.307 e. The molecule has 3 aromatic carbocycles. The SMILES string of the molecule is CCCCc1ccc([C@@H](C)C[C@H]2CCN(c3ccc(CC(=O)O)cc3)C2)c2ccccc12. The largest absolute Gasteiger partial charge is 0.481 e. The number of hydrogen-bond acceptors (Lipinski definition) is 2. The number of benzene rings is 3. The van der Waals surface area contributed by atoms with Crippen molar-refractivity contribution in [3.63, 3.8) is 0 Å². The summed E-state index contributed by atoms with van der Waals surface area (Å²) in [6, 6.07) is 21.7. The van der Waals surface area contributed by atoms with Crippen LogP contribution in [-0.4, -0.2) is 24.2 Å². The Morgan fingerprint density at radius 1 is 1.06 bits per heavy atom. The van der Waals surface area contributed by atoms with Crippen LogP contribution < -0.4 is 4.90 Å². The number of aryl methyl sites for hydroxylation is 1. The fourth-order valence-electron chi connectivity index (χ4n) is 5.29. The maximum absolute atomic E-state index is 10.9. The number of rotatable bonds is 9. The van der Waals surface area contributed by atoms with Gasteiger partial charge in [-0.3, -0.25) is 4.79 Å². The van der Waals surface area contributed by atoms with Gasteiger partial charge in [0, 0.05) is 18.8 Å². The molecule has 1 fully saturated rings. The van der Waals surface area contributed by atoms with Crippen molar-refractivity contribution < 1.29 is 9.90 Å². The molecule has 4 rings (SSSR count). The summed E-state index contributed by atoms with van der Waals surface area (Å²) in [6.45, 7) is 6.80. The Morgan fingerprint density at radius 3 is 2.53 bits per heavy atom. The molecule has 1 N–H and O–H groups in total. The molecule has 0 aromatic heterocycles. The maximum atomic E-state index is 10.9. The highest BCUT2D eigenvalue weighted by atomic mass is 16.4.